The molecule has 0 aromatic heterocycles. The van der Waals surface area contributed by atoms with Gasteiger partial charge in [0, 0.05) is 6.54 Å². The van der Waals surface area contributed by atoms with Crippen molar-refractivity contribution in [1.29, 1.82) is 0 Å². The largest absolute Gasteiger partial charge is 0.395 e. The summed E-state index contributed by atoms with van der Waals surface area (Å²) in [6, 6.07) is -0.605. The number of nitrogens with one attached hydrogen (secondary N) is 1. The van der Waals surface area contributed by atoms with Gasteiger partial charge in [-0.05, 0) is 12.8 Å². The summed E-state index contributed by atoms with van der Waals surface area (Å²) in [5, 5.41) is 44.3. The van der Waals surface area contributed by atoms with Crippen molar-refractivity contribution in [1.82, 2.24) is 5.32 Å². The average Bonchev–Trinajstić information content (AvgIpc) is 3.10. The van der Waals surface area contributed by atoms with E-state index in [4.69, 9.17) is 0 Å². The molecule has 0 aliphatic heterocycles. The number of hydrogen-bond acceptors (Lipinski definition) is 5. The molecule has 5 nitrogen and oxygen atoms in total. The van der Waals surface area contributed by atoms with Gasteiger partial charge in [0.1, 0.15) is 0 Å². The topological polar surface area (TPSA) is 93.0 Å². The van der Waals surface area contributed by atoms with E-state index in [1.54, 1.807) is 0 Å². The summed E-state index contributed by atoms with van der Waals surface area (Å²) in [6.45, 7) is 4.65. The third-order valence-electron chi connectivity index (χ3n) is 10.9. The smallest absolute Gasteiger partial charge is 0.0973 e. The van der Waals surface area contributed by atoms with Crippen molar-refractivity contribution in [3.8, 4) is 0 Å². The van der Waals surface area contributed by atoms with Crippen LogP contribution in [0.4, 0.5) is 0 Å². The van der Waals surface area contributed by atoms with Crippen molar-refractivity contribution < 1.29 is 20.4 Å². The van der Waals surface area contributed by atoms with Gasteiger partial charge in [-0.1, -0.05) is 232 Å². The van der Waals surface area contributed by atoms with Crippen molar-refractivity contribution in [3.05, 3.63) is 0 Å². The van der Waals surface area contributed by atoms with Crippen LogP contribution >= 0.6 is 0 Å². The summed E-state index contributed by atoms with van der Waals surface area (Å²) in [4.78, 5) is 0. The second kappa shape index (κ2) is 40.6. The second-order valence-electron chi connectivity index (χ2n) is 15.8. The van der Waals surface area contributed by atoms with E-state index in [0.29, 0.717) is 13.0 Å². The van der Waals surface area contributed by atoms with E-state index < -0.39 is 24.4 Å². The highest BCUT2D eigenvalue weighted by Crippen LogP contribution is 2.17. The first-order chi connectivity index (χ1) is 24.1. The highest BCUT2D eigenvalue weighted by atomic mass is 16.3. The van der Waals surface area contributed by atoms with Crippen molar-refractivity contribution in [2.24, 2.45) is 0 Å². The first kappa shape index (κ1) is 48.8. The Kier molecular flexibility index (Phi) is 40.4. The van der Waals surface area contributed by atoms with E-state index in [1.807, 2.05) is 0 Å². The number of unbranched alkanes of at least 4 members (excludes halogenated alkanes) is 32. The zero-order valence-corrected chi connectivity index (χ0v) is 33.5. The van der Waals surface area contributed by atoms with Gasteiger partial charge in [-0.2, -0.15) is 0 Å². The fourth-order valence-electron chi connectivity index (χ4n) is 7.30. The summed E-state index contributed by atoms with van der Waals surface area (Å²) < 4.78 is 0. The van der Waals surface area contributed by atoms with Crippen LogP contribution in [-0.4, -0.2) is 57.9 Å². The number of aliphatic hydroxyl groups is 4. The number of hydrogen-bond donors (Lipinski definition) is 5. The van der Waals surface area contributed by atoms with Gasteiger partial charge in [0.25, 0.3) is 0 Å². The minimum atomic E-state index is -1.01. The maximum atomic E-state index is 10.6. The molecule has 0 bridgehead atoms. The van der Waals surface area contributed by atoms with Gasteiger partial charge in [0.05, 0.1) is 31.0 Å². The van der Waals surface area contributed by atoms with Crippen LogP contribution in [0, 0.1) is 0 Å². The van der Waals surface area contributed by atoms with Crippen LogP contribution in [0.25, 0.3) is 0 Å². The molecule has 0 rings (SSSR count). The molecule has 0 aromatic rings. The second-order valence-corrected chi connectivity index (χ2v) is 15.8. The molecule has 0 heterocycles. The van der Waals surface area contributed by atoms with Crippen molar-refractivity contribution in [2.45, 2.75) is 269 Å². The van der Waals surface area contributed by atoms with Crippen molar-refractivity contribution >= 4 is 0 Å². The standard InChI is InChI=1S/C44H91NO4/c1-3-5-7-9-11-13-15-17-18-19-20-21-22-23-24-25-26-27-29-31-33-35-37-41(47)39-45-42(40-46)44(49)43(48)38-36-34-32-30-28-16-14-12-10-8-6-4-2/h41-49H,3-40H2,1-2H3/t41-,42+,43-,44+/m1/s1. The molecule has 0 saturated heterocycles. The van der Waals surface area contributed by atoms with Crippen molar-refractivity contribution in [2.75, 3.05) is 13.2 Å². The molecular weight excluding hydrogens is 606 g/mol. The van der Waals surface area contributed by atoms with E-state index in [-0.39, 0.29) is 6.61 Å². The third-order valence-corrected chi connectivity index (χ3v) is 10.9. The first-order valence-electron chi connectivity index (χ1n) is 22.4. The Morgan fingerprint density at radius 3 is 0.918 bits per heavy atom. The molecule has 0 amide bonds. The molecule has 0 spiro atoms. The van der Waals surface area contributed by atoms with E-state index in [0.717, 1.165) is 32.1 Å². The summed E-state index contributed by atoms with van der Waals surface area (Å²) >= 11 is 0. The lowest BCUT2D eigenvalue weighted by molar-refractivity contribution is -0.0236. The fourth-order valence-corrected chi connectivity index (χ4v) is 7.30. The predicted octanol–water partition coefficient (Wildman–Crippen LogP) is 12.1. The quantitative estimate of drug-likeness (QED) is 0.0409. The lowest BCUT2D eigenvalue weighted by Crippen LogP contribution is -2.50. The lowest BCUT2D eigenvalue weighted by atomic mass is 9.99. The predicted molar refractivity (Wildman–Crippen MR) is 214 cm³/mol. The van der Waals surface area contributed by atoms with E-state index in [2.05, 4.69) is 19.2 Å². The molecule has 296 valence electrons. The molecular formula is C44H91NO4. The molecule has 4 atom stereocenters. The SMILES string of the molecule is CCCCCCCCCCCCCCCCCCCCCCCC[C@@H](O)CN[C@@H](CO)[C@H](O)[C@H](O)CCCCCCCCCCCCCC. The minimum absolute atomic E-state index is 0.247. The van der Waals surface area contributed by atoms with Gasteiger partial charge in [0.15, 0.2) is 0 Å². The molecule has 0 unspecified atom stereocenters. The Balaban J connectivity index is 3.53. The van der Waals surface area contributed by atoms with Gasteiger partial charge < -0.3 is 25.7 Å². The zero-order chi connectivity index (χ0) is 35.9. The van der Waals surface area contributed by atoms with Crippen LogP contribution in [0.15, 0.2) is 0 Å². The van der Waals surface area contributed by atoms with E-state index >= 15 is 0 Å². The molecule has 0 radical (unpaired) electrons. The van der Waals surface area contributed by atoms with Crippen LogP contribution in [0.3, 0.4) is 0 Å². The van der Waals surface area contributed by atoms with Crippen LogP contribution in [0.2, 0.25) is 0 Å². The molecule has 0 aromatic carbocycles. The summed E-state index contributed by atoms with van der Waals surface area (Å²) in [5.41, 5.74) is 0. The highest BCUT2D eigenvalue weighted by Gasteiger charge is 2.25. The lowest BCUT2D eigenvalue weighted by Gasteiger charge is -2.27. The monoisotopic (exact) mass is 698 g/mol. The van der Waals surface area contributed by atoms with Gasteiger partial charge in [-0.25, -0.2) is 0 Å². The summed E-state index contributed by atoms with van der Waals surface area (Å²) in [6.07, 6.45) is 44.4. The van der Waals surface area contributed by atoms with Gasteiger partial charge in [0.2, 0.25) is 0 Å². The maximum Gasteiger partial charge on any atom is 0.0973 e. The first-order valence-corrected chi connectivity index (χ1v) is 22.4. The zero-order valence-electron chi connectivity index (χ0n) is 33.5. The Hall–Kier alpha value is -0.200. The fraction of sp³-hybridized carbons (Fsp3) is 1.00. The van der Waals surface area contributed by atoms with Crippen LogP contribution in [-0.2, 0) is 0 Å². The summed E-state index contributed by atoms with van der Waals surface area (Å²) in [5.74, 6) is 0. The molecule has 5 N–H and O–H groups in total. The van der Waals surface area contributed by atoms with Crippen LogP contribution in [0.5, 0.6) is 0 Å². The molecule has 49 heavy (non-hydrogen) atoms. The van der Waals surface area contributed by atoms with Gasteiger partial charge >= 0.3 is 0 Å². The normalized spacial score (nSPS) is 14.3. The molecule has 0 aliphatic rings. The van der Waals surface area contributed by atoms with Gasteiger partial charge in [-0.15, -0.1) is 0 Å². The van der Waals surface area contributed by atoms with Crippen LogP contribution < -0.4 is 5.32 Å². The van der Waals surface area contributed by atoms with Crippen LogP contribution in [0.1, 0.15) is 245 Å². The Morgan fingerprint density at radius 1 is 0.367 bits per heavy atom. The Labute approximate surface area is 307 Å². The van der Waals surface area contributed by atoms with Gasteiger partial charge in [-0.3, -0.25) is 0 Å². The molecule has 5 heteroatoms. The van der Waals surface area contributed by atoms with E-state index in [9.17, 15) is 20.4 Å². The summed E-state index contributed by atoms with van der Waals surface area (Å²) in [7, 11) is 0. The average molecular weight is 698 g/mol. The Bertz CT molecular complexity index is 605. The molecule has 0 fully saturated rings. The molecule has 0 saturated carbocycles. The Morgan fingerprint density at radius 2 is 0.633 bits per heavy atom. The van der Waals surface area contributed by atoms with Crippen molar-refractivity contribution in [3.63, 3.8) is 0 Å². The highest BCUT2D eigenvalue weighted by molar-refractivity contribution is 4.82. The number of rotatable bonds is 42. The maximum absolute atomic E-state index is 10.6. The molecule has 0 aliphatic carbocycles. The minimum Gasteiger partial charge on any atom is -0.395 e. The third kappa shape index (κ3) is 36.0. The number of aliphatic hydroxyl groups excluding tert-OH is 4. The van der Waals surface area contributed by atoms with E-state index in [1.165, 1.54) is 193 Å².